The minimum absolute atomic E-state index is 0. The van der Waals surface area contributed by atoms with E-state index >= 15 is 0 Å². The largest absolute Gasteiger partial charge is 2.00 e. The Bertz CT molecular complexity index is 513. The molecule has 12 heteroatoms. The van der Waals surface area contributed by atoms with Crippen LogP contribution < -0.4 is 17.0 Å². The summed E-state index contributed by atoms with van der Waals surface area (Å²) in [6.45, 7) is 14.2. The molecule has 0 aromatic carbocycles. The smallest absolute Gasteiger partial charge is 1.00 e. The summed E-state index contributed by atoms with van der Waals surface area (Å²) in [6.07, 6.45) is -0.557. The number of hydrogen-bond donors (Lipinski definition) is 1. The Kier molecular flexibility index (Phi) is 15.8. The van der Waals surface area contributed by atoms with E-state index in [1.54, 1.807) is 13.8 Å². The van der Waals surface area contributed by atoms with Crippen molar-refractivity contribution in [3.8, 4) is 0 Å². The second-order valence-electron chi connectivity index (χ2n) is 8.02. The quantitative estimate of drug-likeness (QED) is 0.232. The van der Waals surface area contributed by atoms with Gasteiger partial charge in [0.2, 0.25) is 0 Å². The zero-order valence-corrected chi connectivity index (χ0v) is 22.3. The Balaban J connectivity index is 0.000000485. The van der Waals surface area contributed by atoms with Gasteiger partial charge in [-0.1, -0.05) is 0 Å². The second-order valence-corrected chi connectivity index (χ2v) is 8.02. The van der Waals surface area contributed by atoms with Crippen LogP contribution in [0.4, 0.5) is 0 Å². The molecule has 0 amide bonds. The van der Waals surface area contributed by atoms with E-state index < -0.39 is 17.7 Å². The third-order valence-corrected chi connectivity index (χ3v) is 4.46. The summed E-state index contributed by atoms with van der Waals surface area (Å²) >= 11 is 0. The van der Waals surface area contributed by atoms with Gasteiger partial charge in [-0.05, 0) is 27.7 Å². The van der Waals surface area contributed by atoms with E-state index in [-0.39, 0.29) is 64.8 Å². The number of aliphatic hydroxyl groups excluding tert-OH is 1. The number of aliphatic hydroxyl groups is 1. The maximum Gasteiger partial charge on any atom is 2.00 e. The minimum atomic E-state index is -0.602. The summed E-state index contributed by atoms with van der Waals surface area (Å²) in [5.74, 6) is -1.16. The SMILES string of the molecule is CC1(C)OC[C@@H](C(O)CC2OCCO2)O1.CC1(C)OC[C@@H](C=O)O1.[Br-].[CH2-]C1OCCO1.[Mg+2]. The third-order valence-electron chi connectivity index (χ3n) is 4.46. The number of rotatable bonds is 4. The standard InChI is InChI=1S/C10H18O5.C6H10O3.C4H7O2.BrH.Mg/c1-10(2)14-6-8(15-10)7(11)5-9-12-3-4-13-9;1-6(2)8-4-5(3-7)9-6;1-4-5-2-3-6-4;;/h7-9,11H,3-6H2,1-2H3;3,5H,4H2,1-2H3;4H,1-3H2;1H;/q;;-1;;+2/p-1/t7?,8-;5-;;;/m01.../s1. The van der Waals surface area contributed by atoms with Gasteiger partial charge in [0.15, 0.2) is 24.2 Å². The van der Waals surface area contributed by atoms with Gasteiger partial charge in [-0.15, -0.1) is 0 Å². The molecule has 0 radical (unpaired) electrons. The number of carbonyl (C=O) groups is 1. The summed E-state index contributed by atoms with van der Waals surface area (Å²) in [5.41, 5.74) is 0. The van der Waals surface area contributed by atoms with Gasteiger partial charge in [0.1, 0.15) is 12.2 Å². The molecule has 4 aliphatic rings. The molecule has 32 heavy (non-hydrogen) atoms. The molecule has 0 saturated carbocycles. The Morgan fingerprint density at radius 2 is 1.44 bits per heavy atom. The number of aldehydes is 1. The van der Waals surface area contributed by atoms with Crippen molar-refractivity contribution in [3.63, 3.8) is 0 Å². The Morgan fingerprint density at radius 1 is 0.938 bits per heavy atom. The van der Waals surface area contributed by atoms with Crippen molar-refractivity contribution >= 4 is 29.3 Å². The van der Waals surface area contributed by atoms with Crippen molar-refractivity contribution in [2.45, 2.75) is 76.6 Å². The van der Waals surface area contributed by atoms with Gasteiger partial charge < -0.3 is 64.8 Å². The molecular weight excluding hydrogens is 504 g/mol. The first-order valence-corrected chi connectivity index (χ1v) is 10.2. The molecule has 0 aromatic rings. The van der Waals surface area contributed by atoms with Crippen LogP contribution >= 0.6 is 0 Å². The normalized spacial score (nSPS) is 29.6. The van der Waals surface area contributed by atoms with Gasteiger partial charge in [-0.2, -0.15) is 0 Å². The number of ether oxygens (including phenoxy) is 8. The number of halogens is 1. The van der Waals surface area contributed by atoms with E-state index in [1.165, 1.54) is 0 Å². The van der Waals surface area contributed by atoms with E-state index in [0.29, 0.717) is 46.1 Å². The molecule has 4 heterocycles. The molecule has 10 nitrogen and oxygen atoms in total. The molecule has 0 aromatic heterocycles. The van der Waals surface area contributed by atoms with E-state index in [2.05, 4.69) is 6.92 Å². The Labute approximate surface area is 216 Å². The van der Waals surface area contributed by atoms with E-state index in [0.717, 1.165) is 6.29 Å². The first-order valence-electron chi connectivity index (χ1n) is 10.2. The minimum Gasteiger partial charge on any atom is -1.00 e. The Morgan fingerprint density at radius 3 is 1.78 bits per heavy atom. The van der Waals surface area contributed by atoms with Crippen molar-refractivity contribution in [3.05, 3.63) is 6.92 Å². The molecule has 4 saturated heterocycles. The van der Waals surface area contributed by atoms with Crippen LogP contribution in [0.3, 0.4) is 0 Å². The van der Waals surface area contributed by atoms with Crippen LogP contribution in [0.2, 0.25) is 0 Å². The van der Waals surface area contributed by atoms with Gasteiger partial charge >= 0.3 is 23.1 Å². The molecule has 0 aliphatic carbocycles. The van der Waals surface area contributed by atoms with Crippen molar-refractivity contribution in [2.75, 3.05) is 39.6 Å². The van der Waals surface area contributed by atoms with Crippen LogP contribution in [0.1, 0.15) is 34.1 Å². The monoisotopic (exact) mass is 538 g/mol. The molecule has 1 unspecified atom stereocenters. The van der Waals surface area contributed by atoms with Crippen LogP contribution in [0.15, 0.2) is 0 Å². The Hall–Kier alpha value is 0.556. The van der Waals surface area contributed by atoms with E-state index in [4.69, 9.17) is 37.9 Å². The van der Waals surface area contributed by atoms with Gasteiger partial charge in [0.05, 0.1) is 45.7 Å². The van der Waals surface area contributed by atoms with Crippen molar-refractivity contribution < 1.29 is 64.8 Å². The zero-order chi connectivity index (χ0) is 22.2. The molecule has 4 fully saturated rings. The molecule has 184 valence electrons. The van der Waals surface area contributed by atoms with Crippen LogP contribution in [-0.4, -0.2) is 117 Å². The molecule has 3 atom stereocenters. The average Bonchev–Trinajstić information content (AvgIpc) is 3.45. The van der Waals surface area contributed by atoms with Crippen molar-refractivity contribution in [2.24, 2.45) is 0 Å². The summed E-state index contributed by atoms with van der Waals surface area (Å²) in [4.78, 5) is 10.1. The van der Waals surface area contributed by atoms with Crippen LogP contribution in [0.25, 0.3) is 0 Å². The number of hydrogen-bond acceptors (Lipinski definition) is 10. The molecule has 1 N–H and O–H groups in total. The van der Waals surface area contributed by atoms with Crippen LogP contribution in [0, 0.1) is 6.92 Å². The molecular formula is C20H35BrMgO10. The first kappa shape index (κ1) is 32.6. The molecule has 4 aliphatic heterocycles. The first-order chi connectivity index (χ1) is 14.1. The predicted octanol–water partition coefficient (Wildman–Crippen LogP) is -2.58. The van der Waals surface area contributed by atoms with Crippen LogP contribution in [-0.2, 0) is 42.7 Å². The molecule has 0 spiro atoms. The maximum atomic E-state index is 10.1. The van der Waals surface area contributed by atoms with Gasteiger partial charge in [0, 0.05) is 12.7 Å². The second kappa shape index (κ2) is 15.5. The van der Waals surface area contributed by atoms with Gasteiger partial charge in [-0.3, -0.25) is 6.92 Å². The van der Waals surface area contributed by atoms with Crippen LogP contribution in [0.5, 0.6) is 0 Å². The number of carbonyl (C=O) groups excluding carboxylic acids is 1. The van der Waals surface area contributed by atoms with Crippen molar-refractivity contribution in [1.82, 2.24) is 0 Å². The fourth-order valence-electron chi connectivity index (χ4n) is 2.99. The fourth-order valence-corrected chi connectivity index (χ4v) is 2.99. The molecule has 4 rings (SSSR count). The van der Waals surface area contributed by atoms with Gasteiger partial charge in [0.25, 0.3) is 0 Å². The summed E-state index contributed by atoms with van der Waals surface area (Å²) < 4.78 is 41.3. The third kappa shape index (κ3) is 12.3. The topological polar surface area (TPSA) is 111 Å². The van der Waals surface area contributed by atoms with E-state index in [9.17, 15) is 9.90 Å². The van der Waals surface area contributed by atoms with E-state index in [1.807, 2.05) is 13.8 Å². The van der Waals surface area contributed by atoms with Gasteiger partial charge in [-0.25, -0.2) is 0 Å². The average molecular weight is 540 g/mol. The summed E-state index contributed by atoms with van der Waals surface area (Å²) in [6, 6.07) is 0. The zero-order valence-electron chi connectivity index (χ0n) is 19.3. The van der Waals surface area contributed by atoms with Crippen molar-refractivity contribution in [1.29, 1.82) is 0 Å². The predicted molar refractivity (Wildman–Crippen MR) is 109 cm³/mol. The summed E-state index contributed by atoms with van der Waals surface area (Å²) in [7, 11) is 0. The molecule has 0 bridgehead atoms. The maximum absolute atomic E-state index is 10.1. The summed E-state index contributed by atoms with van der Waals surface area (Å²) in [5, 5.41) is 9.88. The fraction of sp³-hybridized carbons (Fsp3) is 0.900.